The summed E-state index contributed by atoms with van der Waals surface area (Å²) in [4.78, 5) is 13.3. The molecule has 1 saturated heterocycles. The molecule has 1 amide bonds. The first-order valence-corrected chi connectivity index (χ1v) is 6.29. The van der Waals surface area contributed by atoms with Crippen molar-refractivity contribution in [2.75, 3.05) is 32.8 Å². The van der Waals surface area contributed by atoms with Gasteiger partial charge in [-0.2, -0.15) is 0 Å². The first kappa shape index (κ1) is 13.8. The van der Waals surface area contributed by atoms with Crippen molar-refractivity contribution >= 4 is 5.91 Å². The quantitative estimate of drug-likeness (QED) is 0.786. The van der Waals surface area contributed by atoms with Crippen molar-refractivity contribution < 1.29 is 13.9 Å². The third kappa shape index (κ3) is 3.90. The highest BCUT2D eigenvalue weighted by molar-refractivity contribution is 5.80. The summed E-state index contributed by atoms with van der Waals surface area (Å²) in [6.45, 7) is 3.23. The minimum atomic E-state index is -0.325. The number of nitrogens with two attached hydrogens (primary N) is 1. The van der Waals surface area contributed by atoms with Gasteiger partial charge in [0.25, 0.3) is 0 Å². The number of rotatable bonds is 5. The van der Waals surface area contributed by atoms with Crippen LogP contribution in [0.1, 0.15) is 0 Å². The van der Waals surface area contributed by atoms with Crippen LogP contribution in [0.5, 0.6) is 5.75 Å². The van der Waals surface area contributed by atoms with Crippen LogP contribution in [0, 0.1) is 5.82 Å². The van der Waals surface area contributed by atoms with Gasteiger partial charge in [-0.05, 0) is 24.3 Å². The summed E-state index contributed by atoms with van der Waals surface area (Å²) in [5.41, 5.74) is 5.35. The standard InChI is InChI=1S/C13H18FN3O2/c14-10-1-3-11(4-2-10)19-8-7-17-6-5-16-9-12(17)13(15)18/h1-4,12,16H,5-9H2,(H2,15,18). The lowest BCUT2D eigenvalue weighted by atomic mass is 10.2. The lowest BCUT2D eigenvalue weighted by Gasteiger charge is -2.33. The number of primary amides is 1. The van der Waals surface area contributed by atoms with Crippen LogP contribution in [0.15, 0.2) is 24.3 Å². The van der Waals surface area contributed by atoms with Gasteiger partial charge in [-0.3, -0.25) is 9.69 Å². The smallest absolute Gasteiger partial charge is 0.236 e. The monoisotopic (exact) mass is 267 g/mol. The van der Waals surface area contributed by atoms with Crippen LogP contribution < -0.4 is 15.8 Å². The highest BCUT2D eigenvalue weighted by Gasteiger charge is 2.26. The summed E-state index contributed by atoms with van der Waals surface area (Å²) in [7, 11) is 0. The third-order valence-electron chi connectivity index (χ3n) is 3.14. The fourth-order valence-corrected chi connectivity index (χ4v) is 2.11. The Hall–Kier alpha value is -1.66. The molecule has 0 radical (unpaired) electrons. The van der Waals surface area contributed by atoms with Gasteiger partial charge < -0.3 is 15.8 Å². The number of carbonyl (C=O) groups excluding carboxylic acids is 1. The predicted molar refractivity (Wildman–Crippen MR) is 69.3 cm³/mol. The maximum atomic E-state index is 12.7. The Balaban J connectivity index is 1.80. The second kappa shape index (κ2) is 6.49. The van der Waals surface area contributed by atoms with Crippen molar-refractivity contribution in [3.8, 4) is 5.75 Å². The highest BCUT2D eigenvalue weighted by Crippen LogP contribution is 2.11. The zero-order chi connectivity index (χ0) is 13.7. The molecule has 1 aromatic carbocycles. The van der Waals surface area contributed by atoms with Crippen molar-refractivity contribution in [1.82, 2.24) is 10.2 Å². The van der Waals surface area contributed by atoms with Crippen LogP contribution >= 0.6 is 0 Å². The van der Waals surface area contributed by atoms with Gasteiger partial charge in [0.05, 0.1) is 0 Å². The van der Waals surface area contributed by atoms with E-state index >= 15 is 0 Å². The van der Waals surface area contributed by atoms with Gasteiger partial charge in [-0.25, -0.2) is 4.39 Å². The number of amides is 1. The molecule has 104 valence electrons. The summed E-state index contributed by atoms with van der Waals surface area (Å²) in [5.74, 6) is 0.00406. The number of ether oxygens (including phenoxy) is 1. The molecule has 1 aliphatic heterocycles. The molecular formula is C13H18FN3O2. The molecule has 0 aromatic heterocycles. The molecule has 3 N–H and O–H groups in total. The zero-order valence-electron chi connectivity index (χ0n) is 10.6. The highest BCUT2D eigenvalue weighted by atomic mass is 19.1. The Bertz CT molecular complexity index is 424. The third-order valence-corrected chi connectivity index (χ3v) is 3.14. The summed E-state index contributed by atoms with van der Waals surface area (Å²) in [6.07, 6.45) is 0. The average molecular weight is 267 g/mol. The fourth-order valence-electron chi connectivity index (χ4n) is 2.11. The molecule has 1 fully saturated rings. The van der Waals surface area contributed by atoms with E-state index in [2.05, 4.69) is 5.32 Å². The number of hydrogen-bond acceptors (Lipinski definition) is 4. The fraction of sp³-hybridized carbons (Fsp3) is 0.462. The van der Waals surface area contributed by atoms with Crippen molar-refractivity contribution in [1.29, 1.82) is 0 Å². The summed E-state index contributed by atoms with van der Waals surface area (Å²) in [6, 6.07) is 5.58. The van der Waals surface area contributed by atoms with Gasteiger partial charge in [0.15, 0.2) is 0 Å². The molecule has 6 heteroatoms. The van der Waals surface area contributed by atoms with Crippen molar-refractivity contribution in [2.45, 2.75) is 6.04 Å². The number of piperazine rings is 1. The molecule has 1 atom stereocenters. The van der Waals surface area contributed by atoms with E-state index in [-0.39, 0.29) is 17.8 Å². The molecule has 1 aromatic rings. The zero-order valence-corrected chi connectivity index (χ0v) is 10.6. The van der Waals surface area contributed by atoms with Crippen LogP contribution in [-0.2, 0) is 4.79 Å². The number of nitrogens with one attached hydrogen (secondary N) is 1. The first-order chi connectivity index (χ1) is 9.16. The lowest BCUT2D eigenvalue weighted by molar-refractivity contribution is -0.123. The van der Waals surface area contributed by atoms with Gasteiger partial charge >= 0.3 is 0 Å². The van der Waals surface area contributed by atoms with E-state index in [0.717, 1.165) is 13.1 Å². The van der Waals surface area contributed by atoms with Gasteiger partial charge in [0.1, 0.15) is 24.2 Å². The van der Waals surface area contributed by atoms with E-state index in [1.165, 1.54) is 12.1 Å². The van der Waals surface area contributed by atoms with Crippen molar-refractivity contribution in [3.05, 3.63) is 30.1 Å². The largest absolute Gasteiger partial charge is 0.492 e. The molecule has 1 heterocycles. The molecular weight excluding hydrogens is 249 g/mol. The van der Waals surface area contributed by atoms with Gasteiger partial charge in [-0.1, -0.05) is 0 Å². The Morgan fingerprint density at radius 3 is 2.89 bits per heavy atom. The van der Waals surface area contributed by atoms with Crippen LogP contribution in [0.3, 0.4) is 0 Å². The van der Waals surface area contributed by atoms with Gasteiger partial charge in [0, 0.05) is 26.2 Å². The number of hydrogen-bond donors (Lipinski definition) is 2. The second-order valence-corrected chi connectivity index (χ2v) is 4.46. The molecule has 1 unspecified atom stereocenters. The SMILES string of the molecule is NC(=O)C1CNCCN1CCOc1ccc(F)cc1. The average Bonchev–Trinajstić information content (AvgIpc) is 2.41. The normalized spacial score (nSPS) is 20.2. The number of benzene rings is 1. The number of carbonyl (C=O) groups is 1. The predicted octanol–water partition coefficient (Wildman–Crippen LogP) is -0.0364. The number of halogens is 1. The number of nitrogens with zero attached hydrogens (tertiary/aromatic N) is 1. The summed E-state index contributed by atoms with van der Waals surface area (Å²) >= 11 is 0. The lowest BCUT2D eigenvalue weighted by Crippen LogP contribution is -2.57. The van der Waals surface area contributed by atoms with E-state index < -0.39 is 0 Å². The van der Waals surface area contributed by atoms with E-state index in [9.17, 15) is 9.18 Å². The molecule has 0 spiro atoms. The Kier molecular flexibility index (Phi) is 4.70. The second-order valence-electron chi connectivity index (χ2n) is 4.46. The Labute approximate surface area is 111 Å². The maximum absolute atomic E-state index is 12.7. The minimum Gasteiger partial charge on any atom is -0.492 e. The first-order valence-electron chi connectivity index (χ1n) is 6.29. The molecule has 2 rings (SSSR count). The van der Waals surface area contributed by atoms with Crippen LogP contribution in [-0.4, -0.2) is 49.6 Å². The molecule has 0 bridgehead atoms. The van der Waals surface area contributed by atoms with Crippen molar-refractivity contribution in [2.24, 2.45) is 5.73 Å². The molecule has 1 aliphatic rings. The van der Waals surface area contributed by atoms with E-state index in [0.29, 0.717) is 25.4 Å². The van der Waals surface area contributed by atoms with E-state index in [4.69, 9.17) is 10.5 Å². The van der Waals surface area contributed by atoms with Gasteiger partial charge in [-0.15, -0.1) is 0 Å². The van der Waals surface area contributed by atoms with Crippen LogP contribution in [0.2, 0.25) is 0 Å². The van der Waals surface area contributed by atoms with E-state index in [1.807, 2.05) is 4.90 Å². The maximum Gasteiger partial charge on any atom is 0.236 e. The molecule has 5 nitrogen and oxygen atoms in total. The molecule has 19 heavy (non-hydrogen) atoms. The Morgan fingerprint density at radius 1 is 1.47 bits per heavy atom. The summed E-state index contributed by atoms with van der Waals surface area (Å²) < 4.78 is 18.2. The van der Waals surface area contributed by atoms with Crippen LogP contribution in [0.25, 0.3) is 0 Å². The van der Waals surface area contributed by atoms with Gasteiger partial charge in [0.2, 0.25) is 5.91 Å². The van der Waals surface area contributed by atoms with Crippen molar-refractivity contribution in [3.63, 3.8) is 0 Å². The molecule has 0 aliphatic carbocycles. The summed E-state index contributed by atoms with van der Waals surface area (Å²) in [5, 5.41) is 3.14. The minimum absolute atomic E-state index is 0.287. The van der Waals surface area contributed by atoms with Crippen LogP contribution in [0.4, 0.5) is 4.39 Å². The Morgan fingerprint density at radius 2 is 2.21 bits per heavy atom. The topological polar surface area (TPSA) is 67.6 Å². The van der Waals surface area contributed by atoms with E-state index in [1.54, 1.807) is 12.1 Å². The molecule has 0 saturated carbocycles.